The van der Waals surface area contributed by atoms with Gasteiger partial charge in [0.15, 0.2) is 0 Å². The molecule has 22 heavy (non-hydrogen) atoms. The molecule has 1 unspecified atom stereocenters. The van der Waals surface area contributed by atoms with E-state index < -0.39 is 11.7 Å². The molecule has 0 aromatic heterocycles. The van der Waals surface area contributed by atoms with Gasteiger partial charge in [0.25, 0.3) is 0 Å². The number of hydrogen-bond donors (Lipinski definition) is 1. The third kappa shape index (κ3) is 4.25. The van der Waals surface area contributed by atoms with Crippen molar-refractivity contribution < 1.29 is 13.2 Å². The molecule has 1 aliphatic rings. The summed E-state index contributed by atoms with van der Waals surface area (Å²) in [4.78, 5) is 0. The van der Waals surface area contributed by atoms with Crippen molar-refractivity contribution in [1.29, 1.82) is 0 Å². The minimum absolute atomic E-state index is 0.111. The van der Waals surface area contributed by atoms with Gasteiger partial charge in [0.05, 0.1) is 5.56 Å². The van der Waals surface area contributed by atoms with Gasteiger partial charge in [-0.1, -0.05) is 45.7 Å². The van der Waals surface area contributed by atoms with E-state index in [1.807, 2.05) is 0 Å². The molecule has 1 atom stereocenters. The van der Waals surface area contributed by atoms with Gasteiger partial charge in [0.2, 0.25) is 0 Å². The Balaban J connectivity index is 2.36. The fourth-order valence-corrected chi connectivity index (χ4v) is 3.53. The molecule has 0 aliphatic carbocycles. The van der Waals surface area contributed by atoms with Crippen LogP contribution in [0.4, 0.5) is 13.2 Å². The quantitative estimate of drug-likeness (QED) is 0.760. The lowest BCUT2D eigenvalue weighted by Gasteiger charge is -2.40. The Labute approximate surface area is 131 Å². The van der Waals surface area contributed by atoms with Gasteiger partial charge in [-0.25, -0.2) is 0 Å². The van der Waals surface area contributed by atoms with Crippen LogP contribution in [-0.4, -0.2) is 6.54 Å². The van der Waals surface area contributed by atoms with E-state index in [9.17, 15) is 13.2 Å². The number of halogens is 3. The summed E-state index contributed by atoms with van der Waals surface area (Å²) in [7, 11) is 0. The first kappa shape index (κ1) is 17.3. The van der Waals surface area contributed by atoms with Crippen molar-refractivity contribution in [1.82, 2.24) is 5.32 Å². The van der Waals surface area contributed by atoms with E-state index in [1.165, 1.54) is 18.6 Å². The fraction of sp³-hybridized carbons (Fsp3) is 0.667. The van der Waals surface area contributed by atoms with Crippen LogP contribution in [0.2, 0.25) is 0 Å². The molecule has 1 heterocycles. The summed E-state index contributed by atoms with van der Waals surface area (Å²) < 4.78 is 38.3. The van der Waals surface area contributed by atoms with Crippen LogP contribution in [0.3, 0.4) is 0 Å². The van der Waals surface area contributed by atoms with Crippen molar-refractivity contribution >= 4 is 0 Å². The Kier molecular flexibility index (Phi) is 4.90. The summed E-state index contributed by atoms with van der Waals surface area (Å²) in [5.41, 5.74) is 0.312. The van der Waals surface area contributed by atoms with Crippen molar-refractivity contribution in [3.05, 3.63) is 35.4 Å². The van der Waals surface area contributed by atoms with Crippen LogP contribution in [0.5, 0.6) is 0 Å². The van der Waals surface area contributed by atoms with Crippen molar-refractivity contribution in [3.8, 4) is 0 Å². The van der Waals surface area contributed by atoms with Gasteiger partial charge in [-0.2, -0.15) is 13.2 Å². The number of alkyl halides is 3. The molecule has 0 radical (unpaired) electrons. The molecular weight excluding hydrogens is 287 g/mol. The van der Waals surface area contributed by atoms with E-state index in [-0.39, 0.29) is 11.0 Å². The summed E-state index contributed by atoms with van der Waals surface area (Å²) in [6.45, 7) is 7.49. The highest BCUT2D eigenvalue weighted by atomic mass is 19.4. The monoisotopic (exact) mass is 313 g/mol. The molecule has 1 fully saturated rings. The molecule has 0 spiro atoms. The highest BCUT2D eigenvalue weighted by Crippen LogP contribution is 2.40. The third-order valence-electron chi connectivity index (χ3n) is 4.34. The zero-order valence-electron chi connectivity index (χ0n) is 13.7. The van der Waals surface area contributed by atoms with Gasteiger partial charge in [0.1, 0.15) is 0 Å². The van der Waals surface area contributed by atoms with Gasteiger partial charge in [-0.3, -0.25) is 0 Å². The second kappa shape index (κ2) is 6.23. The largest absolute Gasteiger partial charge is 0.416 e. The van der Waals surface area contributed by atoms with Gasteiger partial charge < -0.3 is 5.32 Å². The summed E-state index contributed by atoms with van der Waals surface area (Å²) in [6.07, 6.45) is 1.06. The lowest BCUT2D eigenvalue weighted by Crippen LogP contribution is -2.44. The Bertz CT molecular complexity index is 475. The van der Waals surface area contributed by atoms with Crippen LogP contribution in [0, 0.1) is 5.41 Å². The van der Waals surface area contributed by atoms with E-state index in [0.717, 1.165) is 37.8 Å². The first-order valence-corrected chi connectivity index (χ1v) is 8.05. The zero-order valence-corrected chi connectivity index (χ0v) is 13.7. The van der Waals surface area contributed by atoms with Crippen LogP contribution in [-0.2, 0) is 11.7 Å². The lowest BCUT2D eigenvalue weighted by atomic mass is 9.73. The molecule has 1 nitrogen and oxygen atoms in total. The van der Waals surface area contributed by atoms with E-state index in [2.05, 4.69) is 26.1 Å². The van der Waals surface area contributed by atoms with Crippen LogP contribution >= 0.6 is 0 Å². The molecule has 1 saturated heterocycles. The smallest absolute Gasteiger partial charge is 0.307 e. The first-order valence-electron chi connectivity index (χ1n) is 8.05. The van der Waals surface area contributed by atoms with Crippen molar-refractivity contribution in [3.63, 3.8) is 0 Å². The summed E-state index contributed by atoms with van der Waals surface area (Å²) >= 11 is 0. The standard InChI is InChI=1S/C18H26F3N/c1-16(2,3)13-17(11-5-4-6-12-22-17)14-7-9-15(10-8-14)18(19,20)21/h7-10,22H,4-6,11-13H2,1-3H3. The van der Waals surface area contributed by atoms with Crippen molar-refractivity contribution in [2.45, 2.75) is 64.6 Å². The van der Waals surface area contributed by atoms with Crippen LogP contribution in [0.25, 0.3) is 0 Å². The first-order chi connectivity index (χ1) is 10.1. The maximum Gasteiger partial charge on any atom is 0.416 e. The SMILES string of the molecule is CC(C)(C)CC1(c2ccc(C(F)(F)F)cc2)CCCCCN1. The Hall–Kier alpha value is -1.03. The lowest BCUT2D eigenvalue weighted by molar-refractivity contribution is -0.137. The van der Waals surface area contributed by atoms with E-state index in [4.69, 9.17) is 0 Å². The summed E-state index contributed by atoms with van der Waals surface area (Å²) in [5.74, 6) is 0. The second-order valence-electron chi connectivity index (χ2n) is 7.63. The molecular formula is C18H26F3N. The average Bonchev–Trinajstić information content (AvgIpc) is 2.62. The zero-order chi connectivity index (χ0) is 16.4. The molecule has 1 aromatic carbocycles. The topological polar surface area (TPSA) is 12.0 Å². The Morgan fingerprint density at radius 3 is 2.18 bits per heavy atom. The maximum atomic E-state index is 12.8. The van der Waals surface area contributed by atoms with Gasteiger partial charge >= 0.3 is 6.18 Å². The van der Waals surface area contributed by atoms with Gasteiger partial charge in [0, 0.05) is 5.54 Å². The van der Waals surface area contributed by atoms with E-state index in [1.54, 1.807) is 12.1 Å². The predicted octanol–water partition coefficient (Wildman–Crippen LogP) is 5.50. The predicted molar refractivity (Wildman–Crippen MR) is 83.7 cm³/mol. The number of rotatable bonds is 2. The minimum atomic E-state index is -4.27. The third-order valence-corrected chi connectivity index (χ3v) is 4.34. The van der Waals surface area contributed by atoms with E-state index >= 15 is 0 Å². The molecule has 0 bridgehead atoms. The molecule has 2 rings (SSSR count). The van der Waals surface area contributed by atoms with Crippen LogP contribution in [0.1, 0.15) is 64.0 Å². The molecule has 124 valence electrons. The van der Waals surface area contributed by atoms with Gasteiger partial charge in [-0.05, 0) is 48.9 Å². The van der Waals surface area contributed by atoms with E-state index in [0.29, 0.717) is 0 Å². The van der Waals surface area contributed by atoms with Crippen LogP contribution in [0.15, 0.2) is 24.3 Å². The van der Waals surface area contributed by atoms with Crippen molar-refractivity contribution in [2.24, 2.45) is 5.41 Å². The average molecular weight is 313 g/mol. The second-order valence-corrected chi connectivity index (χ2v) is 7.63. The molecule has 1 N–H and O–H groups in total. The highest BCUT2D eigenvalue weighted by Gasteiger charge is 2.37. The normalized spacial score (nSPS) is 24.1. The highest BCUT2D eigenvalue weighted by molar-refractivity contribution is 5.30. The van der Waals surface area contributed by atoms with Gasteiger partial charge in [-0.15, -0.1) is 0 Å². The molecule has 0 saturated carbocycles. The maximum absolute atomic E-state index is 12.8. The molecule has 1 aromatic rings. The number of hydrogen-bond acceptors (Lipinski definition) is 1. The molecule has 4 heteroatoms. The Morgan fingerprint density at radius 1 is 1.00 bits per heavy atom. The van der Waals surface area contributed by atoms with Crippen LogP contribution < -0.4 is 5.32 Å². The minimum Gasteiger partial charge on any atom is -0.307 e. The number of nitrogens with one attached hydrogen (secondary N) is 1. The summed E-state index contributed by atoms with van der Waals surface area (Å²) in [6, 6.07) is 5.75. The molecule has 0 amide bonds. The number of benzene rings is 1. The fourth-order valence-electron chi connectivity index (χ4n) is 3.53. The Morgan fingerprint density at radius 2 is 1.64 bits per heavy atom. The van der Waals surface area contributed by atoms with Crippen molar-refractivity contribution in [2.75, 3.05) is 6.54 Å². The molecule has 1 aliphatic heterocycles. The summed E-state index contributed by atoms with van der Waals surface area (Å²) in [5, 5.41) is 3.64.